The number of hydrogen-bond acceptors (Lipinski definition) is 6. The molecule has 1 aromatic carbocycles. The Morgan fingerprint density at radius 3 is 2.76 bits per heavy atom. The second-order valence-electron chi connectivity index (χ2n) is 8.54. The van der Waals surface area contributed by atoms with E-state index in [9.17, 15) is 9.59 Å². The van der Waals surface area contributed by atoms with E-state index in [1.54, 1.807) is 4.57 Å². The fourth-order valence-corrected chi connectivity index (χ4v) is 5.07. The highest BCUT2D eigenvalue weighted by molar-refractivity contribution is 7.17. The molecule has 33 heavy (non-hydrogen) atoms. The number of anilines is 1. The number of aromatic nitrogens is 2. The van der Waals surface area contributed by atoms with Gasteiger partial charge in [0.1, 0.15) is 16.2 Å². The van der Waals surface area contributed by atoms with Gasteiger partial charge in [-0.25, -0.2) is 9.55 Å². The number of carbonyl (C=O) groups excluding carboxylic acids is 1. The SMILES string of the molecule is Cc1ccc(-n2c(N3CCCC(C(=O)NCc4ccc(C)o4)C3)nc3ccsc3c2=O)cc1. The van der Waals surface area contributed by atoms with E-state index in [-0.39, 0.29) is 17.4 Å². The Bertz CT molecular complexity index is 1350. The highest BCUT2D eigenvalue weighted by Crippen LogP contribution is 2.27. The summed E-state index contributed by atoms with van der Waals surface area (Å²) in [7, 11) is 0. The fourth-order valence-electron chi connectivity index (χ4n) is 4.31. The first-order chi connectivity index (χ1) is 16.0. The van der Waals surface area contributed by atoms with Gasteiger partial charge in [0.2, 0.25) is 11.9 Å². The molecule has 0 spiro atoms. The number of piperidine rings is 1. The van der Waals surface area contributed by atoms with Crippen molar-refractivity contribution in [1.82, 2.24) is 14.9 Å². The molecule has 1 unspecified atom stereocenters. The van der Waals surface area contributed by atoms with Crippen molar-refractivity contribution < 1.29 is 9.21 Å². The summed E-state index contributed by atoms with van der Waals surface area (Å²) in [6.07, 6.45) is 1.65. The summed E-state index contributed by atoms with van der Waals surface area (Å²) in [5.74, 6) is 1.97. The van der Waals surface area contributed by atoms with Crippen molar-refractivity contribution in [2.45, 2.75) is 33.2 Å². The first-order valence-electron chi connectivity index (χ1n) is 11.1. The van der Waals surface area contributed by atoms with E-state index in [2.05, 4.69) is 10.2 Å². The second kappa shape index (κ2) is 8.86. The van der Waals surface area contributed by atoms with Crippen LogP contribution < -0.4 is 15.8 Å². The predicted molar refractivity (Wildman–Crippen MR) is 130 cm³/mol. The summed E-state index contributed by atoms with van der Waals surface area (Å²) >= 11 is 1.41. The largest absolute Gasteiger partial charge is 0.465 e. The number of nitrogens with zero attached hydrogens (tertiary/aromatic N) is 3. The van der Waals surface area contributed by atoms with Crippen molar-refractivity contribution in [2.75, 3.05) is 18.0 Å². The Morgan fingerprint density at radius 1 is 1.18 bits per heavy atom. The molecular weight excluding hydrogens is 436 g/mol. The first-order valence-corrected chi connectivity index (χ1v) is 12.0. The minimum absolute atomic E-state index is 0.00500. The van der Waals surface area contributed by atoms with E-state index < -0.39 is 0 Å². The number of rotatable bonds is 5. The lowest BCUT2D eigenvalue weighted by Crippen LogP contribution is -2.45. The van der Waals surface area contributed by atoms with Crippen molar-refractivity contribution >= 4 is 33.4 Å². The van der Waals surface area contributed by atoms with Gasteiger partial charge in [0, 0.05) is 13.1 Å². The van der Waals surface area contributed by atoms with E-state index >= 15 is 0 Å². The molecule has 1 saturated heterocycles. The molecule has 1 N–H and O–H groups in total. The highest BCUT2D eigenvalue weighted by atomic mass is 32.1. The molecule has 1 amide bonds. The molecule has 0 saturated carbocycles. The Labute approximate surface area is 195 Å². The third-order valence-electron chi connectivity index (χ3n) is 6.06. The van der Waals surface area contributed by atoms with Crippen molar-refractivity contribution in [3.63, 3.8) is 0 Å². The van der Waals surface area contributed by atoms with Gasteiger partial charge < -0.3 is 14.6 Å². The van der Waals surface area contributed by atoms with E-state index in [4.69, 9.17) is 9.40 Å². The second-order valence-corrected chi connectivity index (χ2v) is 9.45. The Kier molecular flexibility index (Phi) is 5.76. The molecule has 1 aliphatic heterocycles. The minimum Gasteiger partial charge on any atom is -0.465 e. The van der Waals surface area contributed by atoms with Gasteiger partial charge in [-0.15, -0.1) is 11.3 Å². The smallest absolute Gasteiger partial charge is 0.277 e. The van der Waals surface area contributed by atoms with Gasteiger partial charge in [0.25, 0.3) is 5.56 Å². The van der Waals surface area contributed by atoms with Gasteiger partial charge in [-0.1, -0.05) is 17.7 Å². The zero-order valence-corrected chi connectivity index (χ0v) is 19.5. The number of fused-ring (bicyclic) bond motifs is 1. The number of hydrogen-bond donors (Lipinski definition) is 1. The standard InChI is InChI=1S/C25H26N4O3S/c1-16-5-8-19(9-6-16)29-24(31)22-21(11-13-33-22)27-25(29)28-12-3-4-18(15-28)23(30)26-14-20-10-7-17(2)32-20/h5-11,13,18H,3-4,12,14-15H2,1-2H3,(H,26,30). The summed E-state index contributed by atoms with van der Waals surface area (Å²) in [5.41, 5.74) is 2.53. The molecule has 8 heteroatoms. The van der Waals surface area contributed by atoms with Gasteiger partial charge in [0.15, 0.2) is 0 Å². The van der Waals surface area contributed by atoms with Crippen LogP contribution in [0.25, 0.3) is 15.9 Å². The van der Waals surface area contributed by atoms with E-state index in [1.807, 2.05) is 61.7 Å². The predicted octanol–water partition coefficient (Wildman–Crippen LogP) is 4.19. The van der Waals surface area contributed by atoms with Crippen molar-refractivity contribution in [3.8, 4) is 5.69 Å². The van der Waals surface area contributed by atoms with Gasteiger partial charge in [-0.05, 0) is 62.4 Å². The summed E-state index contributed by atoms with van der Waals surface area (Å²) < 4.78 is 7.88. The molecule has 1 fully saturated rings. The number of aryl methyl sites for hydroxylation is 2. The maximum absolute atomic E-state index is 13.4. The van der Waals surface area contributed by atoms with Crippen LogP contribution in [-0.4, -0.2) is 28.5 Å². The lowest BCUT2D eigenvalue weighted by atomic mass is 9.97. The average Bonchev–Trinajstić information content (AvgIpc) is 3.47. The molecule has 1 aliphatic rings. The van der Waals surface area contributed by atoms with Crippen LogP contribution in [0.5, 0.6) is 0 Å². The molecule has 5 rings (SSSR count). The Morgan fingerprint density at radius 2 is 2.00 bits per heavy atom. The quantitative estimate of drug-likeness (QED) is 0.481. The number of carbonyl (C=O) groups is 1. The summed E-state index contributed by atoms with van der Waals surface area (Å²) in [6.45, 7) is 5.53. The maximum Gasteiger partial charge on any atom is 0.277 e. The van der Waals surface area contributed by atoms with Crippen LogP contribution in [0.1, 0.15) is 29.9 Å². The molecule has 0 bridgehead atoms. The molecule has 0 aliphatic carbocycles. The highest BCUT2D eigenvalue weighted by Gasteiger charge is 2.29. The molecule has 4 heterocycles. The minimum atomic E-state index is -0.184. The van der Waals surface area contributed by atoms with Crippen LogP contribution in [0.3, 0.4) is 0 Å². The van der Waals surface area contributed by atoms with Crippen LogP contribution in [0.4, 0.5) is 5.95 Å². The van der Waals surface area contributed by atoms with E-state index in [0.717, 1.165) is 42.2 Å². The third-order valence-corrected chi connectivity index (χ3v) is 6.95. The number of nitrogens with one attached hydrogen (secondary N) is 1. The van der Waals surface area contributed by atoms with Gasteiger partial charge in [0.05, 0.1) is 23.7 Å². The van der Waals surface area contributed by atoms with Crippen molar-refractivity contribution in [2.24, 2.45) is 5.92 Å². The molecule has 1 atom stereocenters. The van der Waals surface area contributed by atoms with Gasteiger partial charge in [-0.3, -0.25) is 9.59 Å². The maximum atomic E-state index is 13.4. The normalized spacial score (nSPS) is 16.3. The number of amides is 1. The molecule has 7 nitrogen and oxygen atoms in total. The molecular formula is C25H26N4O3S. The summed E-state index contributed by atoms with van der Waals surface area (Å²) in [4.78, 5) is 33.3. The van der Waals surface area contributed by atoms with Crippen LogP contribution in [0, 0.1) is 19.8 Å². The van der Waals surface area contributed by atoms with E-state index in [1.165, 1.54) is 11.3 Å². The lowest BCUT2D eigenvalue weighted by molar-refractivity contribution is -0.125. The number of furan rings is 1. The number of thiophene rings is 1. The first kappa shape index (κ1) is 21.5. The average molecular weight is 463 g/mol. The summed E-state index contributed by atoms with van der Waals surface area (Å²) in [5, 5.41) is 4.89. The van der Waals surface area contributed by atoms with Crippen molar-refractivity contribution in [1.29, 1.82) is 0 Å². The van der Waals surface area contributed by atoms with E-state index in [0.29, 0.717) is 29.3 Å². The third kappa shape index (κ3) is 4.30. The van der Waals surface area contributed by atoms with Crippen LogP contribution in [-0.2, 0) is 11.3 Å². The van der Waals surface area contributed by atoms with Crippen LogP contribution in [0.2, 0.25) is 0 Å². The van der Waals surface area contributed by atoms with Gasteiger partial charge in [-0.2, -0.15) is 0 Å². The lowest BCUT2D eigenvalue weighted by Gasteiger charge is -2.34. The zero-order valence-electron chi connectivity index (χ0n) is 18.7. The molecule has 4 aromatic rings. The van der Waals surface area contributed by atoms with Gasteiger partial charge >= 0.3 is 0 Å². The van der Waals surface area contributed by atoms with Crippen LogP contribution in [0.15, 0.2) is 57.1 Å². The molecule has 170 valence electrons. The van der Waals surface area contributed by atoms with Crippen LogP contribution >= 0.6 is 11.3 Å². The van der Waals surface area contributed by atoms with Crippen molar-refractivity contribution in [3.05, 3.63) is 75.3 Å². The number of benzene rings is 1. The Hall–Kier alpha value is -3.39. The zero-order chi connectivity index (χ0) is 22.9. The fraction of sp³-hybridized carbons (Fsp3) is 0.320. The monoisotopic (exact) mass is 462 g/mol. The molecule has 0 radical (unpaired) electrons. The summed E-state index contributed by atoms with van der Waals surface area (Å²) in [6, 6.07) is 13.5. The topological polar surface area (TPSA) is 80.4 Å². The molecule has 3 aromatic heterocycles. The Balaban J connectivity index is 1.44.